The quantitative estimate of drug-likeness (QED) is 0.621. The van der Waals surface area contributed by atoms with E-state index >= 15 is 0 Å². The summed E-state index contributed by atoms with van der Waals surface area (Å²) in [5.41, 5.74) is 2.48. The van der Waals surface area contributed by atoms with Gasteiger partial charge in [-0.25, -0.2) is 19.7 Å². The Morgan fingerprint density at radius 1 is 1.14 bits per heavy atom. The molecular weight excluding hydrogens is 370 g/mol. The molecule has 0 saturated heterocycles. The lowest BCUT2D eigenvalue weighted by Gasteiger charge is -2.22. The molecule has 29 heavy (non-hydrogen) atoms. The molecule has 2 amide bonds. The van der Waals surface area contributed by atoms with Crippen LogP contribution in [-0.4, -0.2) is 39.2 Å². The van der Waals surface area contributed by atoms with Gasteiger partial charge in [0, 0.05) is 11.6 Å². The van der Waals surface area contributed by atoms with Gasteiger partial charge < -0.3 is 15.2 Å². The van der Waals surface area contributed by atoms with Crippen molar-refractivity contribution >= 4 is 23.0 Å². The normalized spacial score (nSPS) is 14.5. The largest absolute Gasteiger partial charge is 0.504 e. The number of anilines is 1. The number of benzene rings is 1. The van der Waals surface area contributed by atoms with Gasteiger partial charge in [0.25, 0.3) is 0 Å². The van der Waals surface area contributed by atoms with Crippen molar-refractivity contribution in [2.45, 2.75) is 38.1 Å². The first-order valence-electron chi connectivity index (χ1n) is 9.71. The van der Waals surface area contributed by atoms with Crippen LogP contribution in [0.25, 0.3) is 22.4 Å². The van der Waals surface area contributed by atoms with E-state index in [1.165, 1.54) is 19.7 Å². The summed E-state index contributed by atoms with van der Waals surface area (Å²) in [6, 6.07) is 8.59. The smallest absolute Gasteiger partial charge is 0.320 e. The lowest BCUT2D eigenvalue weighted by molar-refractivity contribution is 0.244. The van der Waals surface area contributed by atoms with Crippen LogP contribution >= 0.6 is 0 Å². The standard InChI is InChI=1S/C21H23N5O3/c1-29-18-11-13(7-10-17(18)27)15-8-9-16-20(24-15)25-19(12-22-16)26-21(28)23-14-5-3-2-4-6-14/h7-12,14,27H,2-6H2,1H3,(H2,23,24,25,26,28). The van der Waals surface area contributed by atoms with Crippen molar-refractivity contribution in [3.8, 4) is 22.8 Å². The summed E-state index contributed by atoms with van der Waals surface area (Å²) in [5, 5.41) is 15.5. The molecule has 1 aliphatic carbocycles. The van der Waals surface area contributed by atoms with Crippen LogP contribution in [0.1, 0.15) is 32.1 Å². The van der Waals surface area contributed by atoms with Gasteiger partial charge in [0.15, 0.2) is 23.0 Å². The fourth-order valence-corrected chi connectivity index (χ4v) is 3.54. The summed E-state index contributed by atoms with van der Waals surface area (Å²) in [6.45, 7) is 0. The number of methoxy groups -OCH3 is 1. The summed E-state index contributed by atoms with van der Waals surface area (Å²) < 4.78 is 5.16. The number of phenols is 1. The number of amides is 2. The molecule has 3 aromatic rings. The molecular formula is C21H23N5O3. The highest BCUT2D eigenvalue weighted by Crippen LogP contribution is 2.31. The minimum atomic E-state index is -0.273. The Morgan fingerprint density at radius 2 is 1.97 bits per heavy atom. The van der Waals surface area contributed by atoms with Gasteiger partial charge >= 0.3 is 6.03 Å². The maximum Gasteiger partial charge on any atom is 0.320 e. The highest BCUT2D eigenvalue weighted by Gasteiger charge is 2.16. The molecule has 8 heteroatoms. The van der Waals surface area contributed by atoms with E-state index in [2.05, 4.69) is 25.6 Å². The number of ether oxygens (including phenoxy) is 1. The number of phenolic OH excluding ortho intramolecular Hbond substituents is 1. The molecule has 0 aliphatic heterocycles. The average Bonchev–Trinajstić information content (AvgIpc) is 2.74. The van der Waals surface area contributed by atoms with Crippen molar-refractivity contribution in [2.24, 2.45) is 0 Å². The number of pyridine rings is 1. The van der Waals surface area contributed by atoms with Gasteiger partial charge in [-0.3, -0.25) is 5.32 Å². The Hall–Kier alpha value is -3.42. The maximum atomic E-state index is 12.3. The number of rotatable bonds is 4. The Morgan fingerprint density at radius 3 is 2.76 bits per heavy atom. The molecule has 0 spiro atoms. The summed E-state index contributed by atoms with van der Waals surface area (Å²) in [5.74, 6) is 0.774. The van der Waals surface area contributed by atoms with Gasteiger partial charge in [-0.05, 0) is 43.2 Å². The molecule has 2 heterocycles. The number of urea groups is 1. The van der Waals surface area contributed by atoms with E-state index in [4.69, 9.17) is 4.74 Å². The van der Waals surface area contributed by atoms with Crippen molar-refractivity contribution in [1.82, 2.24) is 20.3 Å². The zero-order valence-electron chi connectivity index (χ0n) is 16.2. The molecule has 1 aliphatic rings. The zero-order valence-corrected chi connectivity index (χ0v) is 16.2. The summed E-state index contributed by atoms with van der Waals surface area (Å²) in [6.07, 6.45) is 7.07. The lowest BCUT2D eigenvalue weighted by Crippen LogP contribution is -2.39. The topological polar surface area (TPSA) is 109 Å². The summed E-state index contributed by atoms with van der Waals surface area (Å²) in [7, 11) is 1.49. The van der Waals surface area contributed by atoms with Gasteiger partial charge in [0.1, 0.15) is 5.52 Å². The number of fused-ring (bicyclic) bond motifs is 1. The first-order valence-corrected chi connectivity index (χ1v) is 9.71. The van der Waals surface area contributed by atoms with Gasteiger partial charge in [-0.1, -0.05) is 19.3 Å². The van der Waals surface area contributed by atoms with Crippen molar-refractivity contribution in [3.63, 3.8) is 0 Å². The summed E-state index contributed by atoms with van der Waals surface area (Å²) in [4.78, 5) is 25.6. The molecule has 8 nitrogen and oxygen atoms in total. The first-order chi connectivity index (χ1) is 14.1. The Balaban J connectivity index is 1.54. The predicted octanol–water partition coefficient (Wildman–Crippen LogP) is 3.86. The number of carbonyl (C=O) groups excluding carboxylic acids is 1. The average molecular weight is 393 g/mol. The Bertz CT molecular complexity index is 1030. The third-order valence-electron chi connectivity index (χ3n) is 5.06. The van der Waals surface area contributed by atoms with Crippen LogP contribution in [-0.2, 0) is 0 Å². The predicted molar refractivity (Wildman–Crippen MR) is 110 cm³/mol. The van der Waals surface area contributed by atoms with Crippen molar-refractivity contribution in [3.05, 3.63) is 36.5 Å². The number of hydrogen-bond acceptors (Lipinski definition) is 6. The third-order valence-corrected chi connectivity index (χ3v) is 5.06. The molecule has 2 aromatic heterocycles. The van der Waals surface area contributed by atoms with E-state index < -0.39 is 0 Å². The molecule has 0 atom stereocenters. The number of nitrogens with one attached hydrogen (secondary N) is 2. The second kappa shape index (κ2) is 8.30. The number of carbonyl (C=O) groups is 1. The number of nitrogens with zero attached hydrogens (tertiary/aromatic N) is 3. The Kier molecular flexibility index (Phi) is 5.41. The molecule has 0 radical (unpaired) electrons. The van der Waals surface area contributed by atoms with Crippen LogP contribution in [0, 0.1) is 0 Å². The molecule has 1 aromatic carbocycles. The number of aromatic nitrogens is 3. The lowest BCUT2D eigenvalue weighted by atomic mass is 9.96. The minimum Gasteiger partial charge on any atom is -0.504 e. The van der Waals surface area contributed by atoms with Crippen LogP contribution in [0.4, 0.5) is 10.6 Å². The van der Waals surface area contributed by atoms with E-state index in [1.807, 2.05) is 12.1 Å². The van der Waals surface area contributed by atoms with Crippen molar-refractivity contribution in [1.29, 1.82) is 0 Å². The number of aromatic hydroxyl groups is 1. The fraction of sp³-hybridized carbons (Fsp3) is 0.333. The van der Waals surface area contributed by atoms with Crippen LogP contribution in [0.15, 0.2) is 36.5 Å². The zero-order chi connectivity index (χ0) is 20.2. The van der Waals surface area contributed by atoms with E-state index in [0.29, 0.717) is 28.4 Å². The molecule has 3 N–H and O–H groups in total. The molecule has 4 rings (SSSR count). The molecule has 150 valence electrons. The monoisotopic (exact) mass is 393 g/mol. The third kappa shape index (κ3) is 4.37. The van der Waals surface area contributed by atoms with Gasteiger partial charge in [-0.2, -0.15) is 0 Å². The van der Waals surface area contributed by atoms with Crippen molar-refractivity contribution in [2.75, 3.05) is 12.4 Å². The van der Waals surface area contributed by atoms with E-state index in [9.17, 15) is 9.90 Å². The molecule has 1 fully saturated rings. The van der Waals surface area contributed by atoms with Gasteiger partial charge in [-0.15, -0.1) is 0 Å². The van der Waals surface area contributed by atoms with Crippen LogP contribution < -0.4 is 15.4 Å². The number of hydrogen-bond donors (Lipinski definition) is 3. The minimum absolute atomic E-state index is 0.0623. The van der Waals surface area contributed by atoms with Crippen molar-refractivity contribution < 1.29 is 14.6 Å². The van der Waals surface area contributed by atoms with E-state index in [0.717, 1.165) is 31.2 Å². The maximum absolute atomic E-state index is 12.3. The molecule has 1 saturated carbocycles. The van der Waals surface area contributed by atoms with E-state index in [1.54, 1.807) is 18.2 Å². The second-order valence-electron chi connectivity index (χ2n) is 7.11. The van der Waals surface area contributed by atoms with Gasteiger partial charge in [0.05, 0.1) is 19.0 Å². The van der Waals surface area contributed by atoms with E-state index in [-0.39, 0.29) is 17.8 Å². The highest BCUT2D eigenvalue weighted by atomic mass is 16.5. The summed E-state index contributed by atoms with van der Waals surface area (Å²) >= 11 is 0. The first kappa shape index (κ1) is 18.9. The SMILES string of the molecule is COc1cc(-c2ccc3ncc(NC(=O)NC4CCCCC4)nc3n2)ccc1O. The Labute approximate surface area is 168 Å². The van der Waals surface area contributed by atoms with Gasteiger partial charge in [0.2, 0.25) is 0 Å². The fourth-order valence-electron chi connectivity index (χ4n) is 3.54. The van der Waals surface area contributed by atoms with Crippen LogP contribution in [0.2, 0.25) is 0 Å². The molecule has 0 bridgehead atoms. The molecule has 0 unspecified atom stereocenters. The van der Waals surface area contributed by atoms with Crippen LogP contribution in [0.5, 0.6) is 11.5 Å². The highest BCUT2D eigenvalue weighted by molar-refractivity contribution is 5.89. The second-order valence-corrected chi connectivity index (χ2v) is 7.11. The van der Waals surface area contributed by atoms with Crippen LogP contribution in [0.3, 0.4) is 0 Å².